The van der Waals surface area contributed by atoms with Crippen molar-refractivity contribution >= 4 is 5.91 Å². The highest BCUT2D eigenvalue weighted by Gasteiger charge is 2.47. The van der Waals surface area contributed by atoms with Gasteiger partial charge in [0.25, 0.3) is 5.91 Å². The van der Waals surface area contributed by atoms with Gasteiger partial charge in [-0.05, 0) is 12.5 Å². The van der Waals surface area contributed by atoms with Gasteiger partial charge < -0.3 is 9.64 Å². The van der Waals surface area contributed by atoms with Crippen LogP contribution >= 0.6 is 0 Å². The lowest BCUT2D eigenvalue weighted by Gasteiger charge is -2.34. The second-order valence-electron chi connectivity index (χ2n) is 8.79. The van der Waals surface area contributed by atoms with Crippen molar-refractivity contribution in [2.75, 3.05) is 7.11 Å². The lowest BCUT2D eigenvalue weighted by molar-refractivity contribution is -0.0887. The third-order valence-electron chi connectivity index (χ3n) is 5.74. The Hall–Kier alpha value is -3.03. The number of carbonyl (C=O) groups is 1. The Balaban J connectivity index is 1.84. The van der Waals surface area contributed by atoms with Crippen LogP contribution in [0, 0.1) is 0 Å². The zero-order valence-corrected chi connectivity index (χ0v) is 17.7. The van der Waals surface area contributed by atoms with Crippen molar-refractivity contribution in [1.29, 1.82) is 0 Å². The molecular weight excluding hydrogens is 407 g/mol. The van der Waals surface area contributed by atoms with Crippen molar-refractivity contribution < 1.29 is 22.7 Å². The number of hydrogen-bond acceptors (Lipinski definition) is 3. The van der Waals surface area contributed by atoms with E-state index in [0.29, 0.717) is 11.4 Å². The summed E-state index contributed by atoms with van der Waals surface area (Å²) in [6.07, 6.45) is -0.694. The molecule has 1 N–H and O–H groups in total. The van der Waals surface area contributed by atoms with E-state index >= 15 is 0 Å². The van der Waals surface area contributed by atoms with E-state index in [1.54, 1.807) is 12.0 Å². The first-order chi connectivity index (χ1) is 14.5. The fourth-order valence-corrected chi connectivity index (χ4v) is 4.30. The molecule has 1 aromatic carbocycles. The fraction of sp³-hybridized carbons (Fsp3) is 0.391. The second kappa shape index (κ2) is 7.28. The molecule has 0 saturated carbocycles. The summed E-state index contributed by atoms with van der Waals surface area (Å²) < 4.78 is 44.8. The number of aromatic amines is 1. The number of amides is 1. The molecule has 0 bridgehead atoms. The van der Waals surface area contributed by atoms with Gasteiger partial charge in [-0.25, -0.2) is 0 Å². The van der Waals surface area contributed by atoms with E-state index in [4.69, 9.17) is 4.74 Å². The number of allylic oxidation sites excluding steroid dienone is 2. The first-order valence-corrected chi connectivity index (χ1v) is 10.0. The van der Waals surface area contributed by atoms with Crippen molar-refractivity contribution in [1.82, 2.24) is 15.1 Å². The molecule has 0 radical (unpaired) electrons. The van der Waals surface area contributed by atoms with Crippen molar-refractivity contribution in [2.45, 2.75) is 50.9 Å². The normalized spacial score (nSPS) is 21.3. The SMILES string of the molecule is COc1ccccc1C1c2c(n[nH]c2C(C)(C)C)C(=O)N1C1C=CC(C(F)(F)F)=CC1. The Labute approximate surface area is 178 Å². The quantitative estimate of drug-likeness (QED) is 0.738. The van der Waals surface area contributed by atoms with E-state index in [-0.39, 0.29) is 17.7 Å². The van der Waals surface area contributed by atoms with Crippen molar-refractivity contribution in [3.8, 4) is 5.75 Å². The molecule has 2 aliphatic rings. The molecule has 0 fully saturated rings. The number of nitrogens with one attached hydrogen (secondary N) is 1. The van der Waals surface area contributed by atoms with Crippen LogP contribution in [-0.2, 0) is 5.41 Å². The number of H-pyrrole nitrogens is 1. The molecule has 1 aromatic heterocycles. The maximum Gasteiger partial charge on any atom is 0.416 e. The number of fused-ring (bicyclic) bond motifs is 1. The van der Waals surface area contributed by atoms with Crippen LogP contribution in [0.4, 0.5) is 13.2 Å². The van der Waals surface area contributed by atoms with Crippen LogP contribution in [-0.4, -0.2) is 40.3 Å². The average molecular weight is 431 g/mol. The monoisotopic (exact) mass is 431 g/mol. The fourth-order valence-electron chi connectivity index (χ4n) is 4.30. The van der Waals surface area contributed by atoms with Gasteiger partial charge in [-0.15, -0.1) is 0 Å². The third-order valence-corrected chi connectivity index (χ3v) is 5.74. The Bertz CT molecular complexity index is 1080. The highest BCUT2D eigenvalue weighted by atomic mass is 19.4. The molecule has 164 valence electrons. The van der Waals surface area contributed by atoms with E-state index in [1.165, 1.54) is 6.08 Å². The summed E-state index contributed by atoms with van der Waals surface area (Å²) in [5.74, 6) is 0.293. The number of aromatic nitrogens is 2. The predicted octanol–water partition coefficient (Wildman–Crippen LogP) is 5.08. The molecule has 5 nitrogen and oxygen atoms in total. The zero-order chi connectivity index (χ0) is 22.6. The second-order valence-corrected chi connectivity index (χ2v) is 8.79. The van der Waals surface area contributed by atoms with Gasteiger partial charge in [-0.2, -0.15) is 18.3 Å². The number of rotatable bonds is 3. The standard InChI is InChI=1S/C23H24F3N3O2/c1-22(2,3)20-17-18(27-28-20)21(30)29(14-11-9-13(10-12-14)23(24,25)26)19(17)15-7-5-6-8-16(15)31-4/h5-11,14,19H,12H2,1-4H3,(H,27,28). The minimum absolute atomic E-state index is 0.0710. The lowest BCUT2D eigenvalue weighted by Crippen LogP contribution is -2.39. The maximum atomic E-state index is 13.4. The molecule has 2 atom stereocenters. The molecule has 0 saturated heterocycles. The Kier molecular flexibility index (Phi) is 4.98. The zero-order valence-electron chi connectivity index (χ0n) is 17.7. The molecule has 2 heterocycles. The molecule has 2 aromatic rings. The summed E-state index contributed by atoms with van der Waals surface area (Å²) >= 11 is 0. The molecule has 1 amide bonds. The summed E-state index contributed by atoms with van der Waals surface area (Å²) in [6.45, 7) is 6.06. The minimum atomic E-state index is -4.41. The van der Waals surface area contributed by atoms with Crippen molar-refractivity contribution in [2.24, 2.45) is 0 Å². The summed E-state index contributed by atoms with van der Waals surface area (Å²) in [5.41, 5.74) is 1.63. The number of hydrogen-bond donors (Lipinski definition) is 1. The van der Waals surface area contributed by atoms with Crippen molar-refractivity contribution in [3.05, 3.63) is 70.6 Å². The number of alkyl halides is 3. The number of methoxy groups -OCH3 is 1. The number of ether oxygens (including phenoxy) is 1. The van der Waals surface area contributed by atoms with Crippen LogP contribution in [0.25, 0.3) is 0 Å². The van der Waals surface area contributed by atoms with Gasteiger partial charge in [-0.1, -0.05) is 57.2 Å². The highest BCUT2D eigenvalue weighted by Crippen LogP contribution is 2.47. The van der Waals surface area contributed by atoms with Crippen LogP contribution in [0.2, 0.25) is 0 Å². The Morgan fingerprint density at radius 2 is 1.90 bits per heavy atom. The maximum absolute atomic E-state index is 13.4. The molecule has 4 rings (SSSR count). The minimum Gasteiger partial charge on any atom is -0.496 e. The number of carbonyl (C=O) groups excluding carboxylic acids is 1. The van der Waals surface area contributed by atoms with Crippen LogP contribution in [0.5, 0.6) is 5.75 Å². The Morgan fingerprint density at radius 1 is 1.19 bits per heavy atom. The largest absolute Gasteiger partial charge is 0.496 e. The van der Waals surface area contributed by atoms with E-state index in [1.807, 2.05) is 45.0 Å². The van der Waals surface area contributed by atoms with E-state index in [0.717, 1.165) is 29.0 Å². The summed E-state index contributed by atoms with van der Waals surface area (Å²) in [6, 6.07) is 6.32. The summed E-state index contributed by atoms with van der Waals surface area (Å²) in [5, 5.41) is 7.32. The number of nitrogens with zero attached hydrogens (tertiary/aromatic N) is 2. The van der Waals surface area contributed by atoms with Crippen molar-refractivity contribution in [3.63, 3.8) is 0 Å². The molecule has 0 spiro atoms. The lowest BCUT2D eigenvalue weighted by atomic mass is 9.85. The van der Waals surface area contributed by atoms with Crippen LogP contribution in [0.1, 0.15) is 60.5 Å². The smallest absolute Gasteiger partial charge is 0.416 e. The number of benzene rings is 1. The van der Waals surface area contributed by atoms with Crippen LogP contribution in [0.15, 0.2) is 48.1 Å². The molecule has 1 aliphatic carbocycles. The van der Waals surface area contributed by atoms with Crippen LogP contribution in [0.3, 0.4) is 0 Å². The van der Waals surface area contributed by atoms with Gasteiger partial charge in [0.05, 0.1) is 24.8 Å². The topological polar surface area (TPSA) is 58.2 Å². The summed E-state index contributed by atoms with van der Waals surface area (Å²) in [7, 11) is 1.56. The predicted molar refractivity (Wildman–Crippen MR) is 110 cm³/mol. The summed E-state index contributed by atoms with van der Waals surface area (Å²) in [4.78, 5) is 15.0. The van der Waals surface area contributed by atoms with Gasteiger partial charge in [0.15, 0.2) is 5.69 Å². The molecule has 2 unspecified atom stereocenters. The molecular formula is C23H24F3N3O2. The van der Waals surface area contributed by atoms with Gasteiger partial charge >= 0.3 is 6.18 Å². The van der Waals surface area contributed by atoms with E-state index in [9.17, 15) is 18.0 Å². The van der Waals surface area contributed by atoms with E-state index in [2.05, 4.69) is 10.2 Å². The van der Waals surface area contributed by atoms with Gasteiger partial charge in [0, 0.05) is 22.2 Å². The van der Waals surface area contributed by atoms with Crippen LogP contribution < -0.4 is 4.74 Å². The van der Waals surface area contributed by atoms with Gasteiger partial charge in [0.1, 0.15) is 5.75 Å². The Morgan fingerprint density at radius 3 is 2.48 bits per heavy atom. The average Bonchev–Trinajstić information content (AvgIpc) is 3.26. The first-order valence-electron chi connectivity index (χ1n) is 10.0. The molecule has 31 heavy (non-hydrogen) atoms. The molecule has 8 heteroatoms. The number of halogens is 3. The van der Waals surface area contributed by atoms with Gasteiger partial charge in [0.2, 0.25) is 0 Å². The van der Waals surface area contributed by atoms with Gasteiger partial charge in [-0.3, -0.25) is 9.89 Å². The molecule has 1 aliphatic heterocycles. The highest BCUT2D eigenvalue weighted by molar-refractivity contribution is 5.99. The first kappa shape index (κ1) is 21.2. The third kappa shape index (κ3) is 3.54. The number of para-hydroxylation sites is 1. The van der Waals surface area contributed by atoms with E-state index < -0.39 is 23.8 Å².